The minimum atomic E-state index is -0.227. The lowest BCUT2D eigenvalue weighted by atomic mass is 10.4. The van der Waals surface area contributed by atoms with Crippen molar-refractivity contribution in [3.8, 4) is 0 Å². The summed E-state index contributed by atoms with van der Waals surface area (Å²) in [5.41, 5.74) is 0.315. The molecule has 1 aromatic heterocycles. The molecule has 6 heteroatoms. The van der Waals surface area contributed by atoms with Gasteiger partial charge >= 0.3 is 0 Å². The molecule has 0 aromatic carbocycles. The Morgan fingerprint density at radius 3 is 2.74 bits per heavy atom. The molecule has 0 spiro atoms. The first-order valence-electron chi connectivity index (χ1n) is 6.69. The van der Waals surface area contributed by atoms with Crippen molar-refractivity contribution in [2.45, 2.75) is 26.7 Å². The predicted octanol–water partition coefficient (Wildman–Crippen LogP) is 1.45. The number of rotatable bonds is 9. The third kappa shape index (κ3) is 6.15. The van der Waals surface area contributed by atoms with E-state index in [0.29, 0.717) is 24.7 Å². The number of aromatic nitrogens is 2. The van der Waals surface area contributed by atoms with Crippen molar-refractivity contribution < 1.29 is 9.53 Å². The molecule has 0 fully saturated rings. The van der Waals surface area contributed by atoms with Gasteiger partial charge in [-0.05, 0) is 13.3 Å². The number of ether oxygens (including phenoxy) is 1. The van der Waals surface area contributed by atoms with Gasteiger partial charge in [0.25, 0.3) is 5.91 Å². The van der Waals surface area contributed by atoms with Crippen molar-refractivity contribution in [1.82, 2.24) is 15.3 Å². The number of nitrogens with one attached hydrogen (secondary N) is 2. The third-order valence-electron chi connectivity index (χ3n) is 2.42. The summed E-state index contributed by atoms with van der Waals surface area (Å²) in [6, 6.07) is 0. The summed E-state index contributed by atoms with van der Waals surface area (Å²) in [7, 11) is 0. The minimum Gasteiger partial charge on any atom is -0.380 e. The van der Waals surface area contributed by atoms with Crippen LogP contribution in [0.1, 0.15) is 37.2 Å². The summed E-state index contributed by atoms with van der Waals surface area (Å²) >= 11 is 0. The van der Waals surface area contributed by atoms with E-state index >= 15 is 0 Å². The lowest BCUT2D eigenvalue weighted by Gasteiger charge is -2.06. The molecule has 0 unspecified atom stereocenters. The van der Waals surface area contributed by atoms with E-state index < -0.39 is 0 Å². The average Bonchev–Trinajstić information content (AvgIpc) is 2.43. The van der Waals surface area contributed by atoms with Crippen LogP contribution in [0.15, 0.2) is 12.4 Å². The second-order valence-electron chi connectivity index (χ2n) is 4.04. The Hall–Kier alpha value is -1.69. The molecule has 0 aliphatic heterocycles. The molecule has 0 radical (unpaired) electrons. The number of hydrogen-bond donors (Lipinski definition) is 2. The Bertz CT molecular complexity index is 367. The van der Waals surface area contributed by atoms with Gasteiger partial charge in [-0.1, -0.05) is 13.3 Å². The van der Waals surface area contributed by atoms with Crippen LogP contribution in [0, 0.1) is 0 Å². The number of unbranched alkanes of at least 4 members (excludes halogenated alkanes) is 1. The van der Waals surface area contributed by atoms with Crippen LogP contribution < -0.4 is 10.6 Å². The molecule has 0 saturated heterocycles. The normalized spacial score (nSPS) is 10.2. The number of anilines is 1. The maximum atomic E-state index is 11.7. The molecule has 2 N–H and O–H groups in total. The van der Waals surface area contributed by atoms with E-state index in [4.69, 9.17) is 4.74 Å². The smallest absolute Gasteiger partial charge is 0.271 e. The maximum Gasteiger partial charge on any atom is 0.271 e. The molecule has 0 aliphatic rings. The topological polar surface area (TPSA) is 76.1 Å². The van der Waals surface area contributed by atoms with Gasteiger partial charge in [-0.15, -0.1) is 0 Å². The van der Waals surface area contributed by atoms with Crippen molar-refractivity contribution in [1.29, 1.82) is 0 Å². The van der Waals surface area contributed by atoms with E-state index in [1.54, 1.807) is 6.20 Å². The lowest BCUT2D eigenvalue weighted by Crippen LogP contribution is -2.28. The zero-order valence-corrected chi connectivity index (χ0v) is 11.6. The first-order chi connectivity index (χ1) is 9.27. The van der Waals surface area contributed by atoms with Gasteiger partial charge in [-0.25, -0.2) is 9.97 Å². The summed E-state index contributed by atoms with van der Waals surface area (Å²) in [5.74, 6) is 0.441. The van der Waals surface area contributed by atoms with Crippen LogP contribution in [0.5, 0.6) is 0 Å². The molecule has 1 amide bonds. The van der Waals surface area contributed by atoms with Crippen molar-refractivity contribution in [2.24, 2.45) is 0 Å². The fourth-order valence-electron chi connectivity index (χ4n) is 1.39. The van der Waals surface area contributed by atoms with E-state index in [0.717, 1.165) is 26.0 Å². The van der Waals surface area contributed by atoms with Crippen molar-refractivity contribution in [3.63, 3.8) is 0 Å². The van der Waals surface area contributed by atoms with Crippen LogP contribution >= 0.6 is 0 Å². The van der Waals surface area contributed by atoms with Crippen LogP contribution in [-0.4, -0.2) is 42.2 Å². The van der Waals surface area contributed by atoms with Gasteiger partial charge in [-0.2, -0.15) is 0 Å². The number of carbonyl (C=O) groups is 1. The van der Waals surface area contributed by atoms with Crippen LogP contribution in [-0.2, 0) is 4.74 Å². The highest BCUT2D eigenvalue weighted by atomic mass is 16.5. The van der Waals surface area contributed by atoms with E-state index in [-0.39, 0.29) is 5.91 Å². The van der Waals surface area contributed by atoms with Crippen LogP contribution in [0.4, 0.5) is 5.82 Å². The van der Waals surface area contributed by atoms with Gasteiger partial charge in [-0.3, -0.25) is 4.79 Å². The first kappa shape index (κ1) is 15.4. The van der Waals surface area contributed by atoms with E-state index in [1.807, 2.05) is 6.92 Å². The van der Waals surface area contributed by atoms with E-state index in [1.165, 1.54) is 6.20 Å². The highest BCUT2D eigenvalue weighted by Gasteiger charge is 2.06. The molecule has 1 rings (SSSR count). The number of carbonyl (C=O) groups excluding carboxylic acids is 1. The molecule has 19 heavy (non-hydrogen) atoms. The zero-order valence-electron chi connectivity index (χ0n) is 11.6. The monoisotopic (exact) mass is 266 g/mol. The lowest BCUT2D eigenvalue weighted by molar-refractivity contribution is 0.0907. The molecular formula is C13H22N4O2. The fraction of sp³-hybridized carbons (Fsp3) is 0.615. The van der Waals surface area contributed by atoms with Gasteiger partial charge < -0.3 is 15.4 Å². The van der Waals surface area contributed by atoms with E-state index in [2.05, 4.69) is 27.5 Å². The summed E-state index contributed by atoms with van der Waals surface area (Å²) in [6.45, 7) is 6.61. The summed E-state index contributed by atoms with van der Waals surface area (Å²) in [6.07, 6.45) is 5.17. The largest absolute Gasteiger partial charge is 0.380 e. The number of amides is 1. The van der Waals surface area contributed by atoms with Crippen LogP contribution in [0.2, 0.25) is 0 Å². The van der Waals surface area contributed by atoms with Crippen molar-refractivity contribution in [3.05, 3.63) is 18.1 Å². The number of hydrogen-bond acceptors (Lipinski definition) is 5. The van der Waals surface area contributed by atoms with Crippen molar-refractivity contribution in [2.75, 3.05) is 31.6 Å². The minimum absolute atomic E-state index is 0.227. The molecule has 1 heterocycles. The summed E-state index contributed by atoms with van der Waals surface area (Å²) < 4.78 is 5.35. The third-order valence-corrected chi connectivity index (χ3v) is 2.42. The van der Waals surface area contributed by atoms with Gasteiger partial charge in [0.2, 0.25) is 0 Å². The Balaban J connectivity index is 2.25. The highest BCUT2D eigenvalue weighted by molar-refractivity contribution is 5.91. The quantitative estimate of drug-likeness (QED) is 0.662. The molecule has 1 aromatic rings. The predicted molar refractivity (Wildman–Crippen MR) is 74.3 cm³/mol. The van der Waals surface area contributed by atoms with Gasteiger partial charge in [0.05, 0.1) is 19.0 Å². The molecule has 0 aliphatic carbocycles. The van der Waals surface area contributed by atoms with E-state index in [9.17, 15) is 4.79 Å². The standard InChI is InChI=1S/C13H22N4O2/c1-3-5-7-19-8-6-15-13(18)11-9-17-12(10-16-11)14-4-2/h9-10H,3-8H2,1-2H3,(H,14,17)(H,15,18). The first-order valence-corrected chi connectivity index (χ1v) is 6.69. The Labute approximate surface area is 114 Å². The Morgan fingerprint density at radius 1 is 1.26 bits per heavy atom. The summed E-state index contributed by atoms with van der Waals surface area (Å²) in [4.78, 5) is 19.9. The fourth-order valence-corrected chi connectivity index (χ4v) is 1.39. The molecule has 0 saturated carbocycles. The SMILES string of the molecule is CCCCOCCNC(=O)c1cnc(NCC)cn1. The van der Waals surface area contributed by atoms with Gasteiger partial charge in [0.1, 0.15) is 11.5 Å². The maximum absolute atomic E-state index is 11.7. The van der Waals surface area contributed by atoms with Crippen LogP contribution in [0.25, 0.3) is 0 Å². The molecule has 0 bridgehead atoms. The second-order valence-corrected chi connectivity index (χ2v) is 4.04. The highest BCUT2D eigenvalue weighted by Crippen LogP contribution is 2.00. The average molecular weight is 266 g/mol. The summed E-state index contributed by atoms with van der Waals surface area (Å²) in [5, 5.41) is 5.76. The Morgan fingerprint density at radius 2 is 2.11 bits per heavy atom. The molecular weight excluding hydrogens is 244 g/mol. The molecule has 106 valence electrons. The second kappa shape index (κ2) is 9.27. The van der Waals surface area contributed by atoms with Crippen molar-refractivity contribution >= 4 is 11.7 Å². The number of nitrogens with zero attached hydrogens (tertiary/aromatic N) is 2. The zero-order chi connectivity index (χ0) is 13.9. The van der Waals surface area contributed by atoms with Crippen LogP contribution in [0.3, 0.4) is 0 Å². The van der Waals surface area contributed by atoms with Gasteiger partial charge in [0.15, 0.2) is 0 Å². The van der Waals surface area contributed by atoms with Gasteiger partial charge in [0, 0.05) is 19.7 Å². The molecule has 6 nitrogen and oxygen atoms in total. The molecule has 0 atom stereocenters. The Kier molecular flexibility index (Phi) is 7.50.